The summed E-state index contributed by atoms with van der Waals surface area (Å²) >= 11 is 6.31. The van der Waals surface area contributed by atoms with Crippen molar-refractivity contribution in [2.45, 2.75) is 31.5 Å². The molecule has 3 aromatic rings. The summed E-state index contributed by atoms with van der Waals surface area (Å²) in [5, 5.41) is 9.74. The van der Waals surface area contributed by atoms with Gasteiger partial charge in [-0.05, 0) is 54.8 Å². The fraction of sp³-hybridized carbons (Fsp3) is 0.250. The van der Waals surface area contributed by atoms with Gasteiger partial charge in [0.2, 0.25) is 0 Å². The van der Waals surface area contributed by atoms with Gasteiger partial charge in [0.1, 0.15) is 11.6 Å². The lowest BCUT2D eigenvalue weighted by molar-refractivity contribution is -0.139. The van der Waals surface area contributed by atoms with E-state index in [0.717, 1.165) is 28.7 Å². The fourth-order valence-corrected chi connectivity index (χ4v) is 4.81. The highest BCUT2D eigenvalue weighted by Crippen LogP contribution is 2.53. The summed E-state index contributed by atoms with van der Waals surface area (Å²) in [5.41, 5.74) is 3.58. The maximum atomic E-state index is 13.7. The molecule has 0 spiro atoms. The maximum Gasteiger partial charge on any atom is 0.341 e. The smallest absolute Gasteiger partial charge is 0.341 e. The highest BCUT2D eigenvalue weighted by molar-refractivity contribution is 6.30. The number of hydrogen-bond donors (Lipinski definition) is 1. The van der Waals surface area contributed by atoms with Crippen molar-refractivity contribution in [3.63, 3.8) is 0 Å². The molecule has 0 radical (unpaired) electrons. The van der Waals surface area contributed by atoms with Gasteiger partial charge < -0.3 is 14.6 Å². The Bertz CT molecular complexity index is 1180. The largest absolute Gasteiger partial charge is 0.482 e. The quantitative estimate of drug-likeness (QED) is 0.366. The number of rotatable bonds is 7. The van der Waals surface area contributed by atoms with E-state index in [1.54, 1.807) is 24.3 Å². The van der Waals surface area contributed by atoms with E-state index in [1.807, 2.05) is 43.3 Å². The third kappa shape index (κ3) is 5.32. The van der Waals surface area contributed by atoms with E-state index in [1.165, 1.54) is 12.1 Å². The molecular weight excluding hydrogens is 455 g/mol. The van der Waals surface area contributed by atoms with Crippen LogP contribution in [0, 0.1) is 11.7 Å². The summed E-state index contributed by atoms with van der Waals surface area (Å²) in [6, 6.07) is 21.3. The zero-order valence-corrected chi connectivity index (χ0v) is 19.5. The topological polar surface area (TPSA) is 55.8 Å². The van der Waals surface area contributed by atoms with Crippen molar-refractivity contribution in [1.82, 2.24) is 0 Å². The molecule has 0 amide bonds. The van der Waals surface area contributed by atoms with E-state index in [-0.39, 0.29) is 23.8 Å². The number of carbonyl (C=O) groups is 1. The number of benzene rings is 3. The molecule has 0 saturated carbocycles. The lowest BCUT2D eigenvalue weighted by Crippen LogP contribution is -2.31. The monoisotopic (exact) mass is 480 g/mol. The van der Waals surface area contributed by atoms with E-state index < -0.39 is 18.7 Å². The lowest BCUT2D eigenvalue weighted by Gasteiger charge is -2.43. The van der Waals surface area contributed by atoms with E-state index in [2.05, 4.69) is 6.58 Å². The first-order valence-corrected chi connectivity index (χ1v) is 11.5. The number of hydrogen-bond acceptors (Lipinski definition) is 3. The number of halogens is 2. The van der Waals surface area contributed by atoms with Crippen molar-refractivity contribution in [3.05, 3.63) is 112 Å². The van der Waals surface area contributed by atoms with Crippen LogP contribution < -0.4 is 4.74 Å². The number of para-hydroxylation sites is 1. The Balaban J connectivity index is 1.78. The van der Waals surface area contributed by atoms with E-state index in [4.69, 9.17) is 26.2 Å². The van der Waals surface area contributed by atoms with Crippen LogP contribution in [-0.4, -0.2) is 17.7 Å². The summed E-state index contributed by atoms with van der Waals surface area (Å²) in [4.78, 5) is 11.1. The van der Waals surface area contributed by atoms with Crippen LogP contribution in [0.5, 0.6) is 5.75 Å². The number of aliphatic carboxylic acids is 1. The zero-order chi connectivity index (χ0) is 24.2. The molecule has 1 fully saturated rings. The molecule has 0 aromatic heterocycles. The van der Waals surface area contributed by atoms with Crippen molar-refractivity contribution in [3.8, 4) is 5.75 Å². The van der Waals surface area contributed by atoms with Crippen LogP contribution in [0.3, 0.4) is 0 Å². The van der Waals surface area contributed by atoms with Gasteiger partial charge in [-0.3, -0.25) is 0 Å². The molecule has 1 aliphatic heterocycles. The molecule has 3 aromatic carbocycles. The third-order valence-electron chi connectivity index (χ3n) is 6.22. The number of ether oxygens (including phenoxy) is 2. The van der Waals surface area contributed by atoms with Gasteiger partial charge in [-0.15, -0.1) is 0 Å². The SMILES string of the molecule is C=C(C)[C@H]1C[C@H](c2cccc(Cl)c2)[C@H](c2ccc(F)cc2)O[C@@H]1c1ccccc1OCC(=O)O. The highest BCUT2D eigenvalue weighted by Gasteiger charge is 2.41. The minimum absolute atomic E-state index is 0.0470. The van der Waals surface area contributed by atoms with Gasteiger partial charge in [0.25, 0.3) is 0 Å². The van der Waals surface area contributed by atoms with Crippen LogP contribution in [-0.2, 0) is 9.53 Å². The zero-order valence-electron chi connectivity index (χ0n) is 18.8. The Hall–Kier alpha value is -3.15. The van der Waals surface area contributed by atoms with Crippen LogP contribution in [0.15, 0.2) is 84.9 Å². The second-order valence-corrected chi connectivity index (χ2v) is 9.04. The van der Waals surface area contributed by atoms with Crippen LogP contribution in [0.1, 0.15) is 48.2 Å². The second-order valence-electron chi connectivity index (χ2n) is 8.60. The molecule has 0 bridgehead atoms. The molecule has 1 aliphatic rings. The summed E-state index contributed by atoms with van der Waals surface area (Å²) < 4.78 is 26.1. The first-order chi connectivity index (χ1) is 16.3. The third-order valence-corrected chi connectivity index (χ3v) is 6.45. The molecule has 0 unspecified atom stereocenters. The predicted octanol–water partition coefficient (Wildman–Crippen LogP) is 7.12. The van der Waals surface area contributed by atoms with Crippen LogP contribution in [0.25, 0.3) is 0 Å². The molecule has 1 heterocycles. The van der Waals surface area contributed by atoms with Crippen LogP contribution >= 0.6 is 11.6 Å². The average molecular weight is 481 g/mol. The Labute approximate surface area is 203 Å². The molecular formula is C28H26ClFO4. The highest BCUT2D eigenvalue weighted by atomic mass is 35.5. The molecule has 1 saturated heterocycles. The van der Waals surface area contributed by atoms with Crippen molar-refractivity contribution in [1.29, 1.82) is 0 Å². The van der Waals surface area contributed by atoms with Crippen molar-refractivity contribution >= 4 is 17.6 Å². The van der Waals surface area contributed by atoms with Crippen molar-refractivity contribution < 1.29 is 23.8 Å². The molecule has 0 aliphatic carbocycles. The molecule has 1 N–H and O–H groups in total. The summed E-state index contributed by atoms with van der Waals surface area (Å²) in [6.45, 7) is 5.74. The van der Waals surface area contributed by atoms with Gasteiger partial charge in [0, 0.05) is 22.4 Å². The van der Waals surface area contributed by atoms with E-state index >= 15 is 0 Å². The molecule has 4 nitrogen and oxygen atoms in total. The van der Waals surface area contributed by atoms with Crippen LogP contribution in [0.2, 0.25) is 5.02 Å². The Kier molecular flexibility index (Phi) is 7.35. The summed E-state index contributed by atoms with van der Waals surface area (Å²) in [5.74, 6) is -1.02. The van der Waals surface area contributed by atoms with Crippen molar-refractivity contribution in [2.75, 3.05) is 6.61 Å². The Morgan fingerprint density at radius 3 is 2.50 bits per heavy atom. The molecule has 34 heavy (non-hydrogen) atoms. The predicted molar refractivity (Wildman–Crippen MR) is 130 cm³/mol. The Morgan fingerprint density at radius 2 is 1.82 bits per heavy atom. The fourth-order valence-electron chi connectivity index (χ4n) is 4.62. The van der Waals surface area contributed by atoms with Gasteiger partial charge >= 0.3 is 5.97 Å². The molecule has 4 rings (SSSR count). The van der Waals surface area contributed by atoms with E-state index in [9.17, 15) is 9.18 Å². The van der Waals surface area contributed by atoms with Crippen molar-refractivity contribution in [2.24, 2.45) is 5.92 Å². The van der Waals surface area contributed by atoms with Crippen LogP contribution in [0.4, 0.5) is 4.39 Å². The van der Waals surface area contributed by atoms with Gasteiger partial charge in [0.15, 0.2) is 6.61 Å². The second kappa shape index (κ2) is 10.4. The normalized spacial score (nSPS) is 22.2. The first kappa shape index (κ1) is 24.0. The van der Waals surface area contributed by atoms with Gasteiger partial charge in [0.05, 0.1) is 12.2 Å². The van der Waals surface area contributed by atoms with E-state index in [0.29, 0.717) is 10.8 Å². The minimum Gasteiger partial charge on any atom is -0.482 e. The standard InChI is InChI=1S/C28H26ClFO4/c1-17(2)23-15-24(19-6-5-7-20(29)14-19)27(18-10-12-21(30)13-11-18)34-28(23)22-8-3-4-9-25(22)33-16-26(31)32/h3-14,23-24,27-28H,1,15-16H2,2H3,(H,31,32)/t23-,24-,27+,28-/m1/s1. The van der Waals surface area contributed by atoms with Gasteiger partial charge in [-0.2, -0.15) is 0 Å². The number of carboxylic acids is 1. The molecule has 4 atom stereocenters. The van der Waals surface area contributed by atoms with Gasteiger partial charge in [-0.25, -0.2) is 9.18 Å². The lowest BCUT2D eigenvalue weighted by atomic mass is 9.74. The molecule has 176 valence electrons. The first-order valence-electron chi connectivity index (χ1n) is 11.1. The summed E-state index contributed by atoms with van der Waals surface area (Å²) in [7, 11) is 0. The summed E-state index contributed by atoms with van der Waals surface area (Å²) in [6.07, 6.45) is -0.0875. The van der Waals surface area contributed by atoms with Gasteiger partial charge in [-0.1, -0.05) is 66.2 Å². The average Bonchev–Trinajstić information content (AvgIpc) is 2.82. The number of carboxylic acid groups (broad SMARTS) is 1. The molecule has 6 heteroatoms. The maximum absolute atomic E-state index is 13.7. The minimum atomic E-state index is -1.05. The Morgan fingerprint density at radius 1 is 1.09 bits per heavy atom.